The van der Waals surface area contributed by atoms with Crippen molar-refractivity contribution in [2.24, 2.45) is 0 Å². The van der Waals surface area contributed by atoms with Crippen LogP contribution in [0.2, 0.25) is 0 Å². The lowest BCUT2D eigenvalue weighted by atomic mass is 10.1. The summed E-state index contributed by atoms with van der Waals surface area (Å²) in [4.78, 5) is 25.9. The minimum Gasteiger partial charge on any atom is -0.491 e. The molecule has 2 rings (SSSR count). The second kappa shape index (κ2) is 9.21. The number of benzene rings is 2. The molecule has 0 aliphatic carbocycles. The van der Waals surface area contributed by atoms with Crippen molar-refractivity contribution in [3.63, 3.8) is 0 Å². The molecule has 0 atom stereocenters. The lowest BCUT2D eigenvalue weighted by Crippen LogP contribution is -2.32. The van der Waals surface area contributed by atoms with Crippen LogP contribution in [0.5, 0.6) is 5.75 Å². The highest BCUT2D eigenvalue weighted by Gasteiger charge is 2.14. The van der Waals surface area contributed by atoms with E-state index in [9.17, 15) is 9.59 Å². The molecule has 0 bridgehead atoms. The zero-order valence-corrected chi connectivity index (χ0v) is 16.7. The van der Waals surface area contributed by atoms with Crippen molar-refractivity contribution in [1.29, 1.82) is 0 Å². The molecular weight excluding hydrogens is 340 g/mol. The first-order valence-corrected chi connectivity index (χ1v) is 9.18. The summed E-state index contributed by atoms with van der Waals surface area (Å²) in [6.07, 6.45) is 0.324. The van der Waals surface area contributed by atoms with Crippen molar-refractivity contribution in [2.45, 2.75) is 47.1 Å². The summed E-state index contributed by atoms with van der Waals surface area (Å²) in [6.45, 7) is 9.81. The van der Waals surface area contributed by atoms with E-state index < -0.39 is 0 Å². The minimum absolute atomic E-state index is 0.0822. The second-order valence-electron chi connectivity index (χ2n) is 6.93. The van der Waals surface area contributed by atoms with E-state index in [0.29, 0.717) is 12.2 Å². The van der Waals surface area contributed by atoms with Gasteiger partial charge < -0.3 is 15.0 Å². The molecule has 27 heavy (non-hydrogen) atoms. The molecule has 0 aromatic heterocycles. The van der Waals surface area contributed by atoms with Crippen LogP contribution < -0.4 is 15.0 Å². The first kappa shape index (κ1) is 20.5. The Labute approximate surface area is 161 Å². The van der Waals surface area contributed by atoms with Crippen molar-refractivity contribution >= 4 is 23.2 Å². The zero-order valence-electron chi connectivity index (χ0n) is 16.7. The Bertz CT molecular complexity index is 798. The van der Waals surface area contributed by atoms with Gasteiger partial charge in [-0.05, 0) is 75.2 Å². The van der Waals surface area contributed by atoms with Crippen molar-refractivity contribution in [2.75, 3.05) is 16.8 Å². The van der Waals surface area contributed by atoms with E-state index in [-0.39, 0.29) is 24.3 Å². The molecule has 0 saturated carbocycles. The van der Waals surface area contributed by atoms with Crippen LogP contribution >= 0.6 is 0 Å². The molecule has 0 saturated heterocycles. The van der Waals surface area contributed by atoms with E-state index in [1.54, 1.807) is 4.90 Å². The van der Waals surface area contributed by atoms with Gasteiger partial charge >= 0.3 is 0 Å². The number of rotatable bonds is 7. The molecule has 144 valence electrons. The summed E-state index contributed by atoms with van der Waals surface area (Å²) in [7, 11) is 0. The van der Waals surface area contributed by atoms with Crippen LogP contribution in [0.1, 0.15) is 38.3 Å². The molecule has 2 aromatic carbocycles. The maximum absolute atomic E-state index is 12.3. The van der Waals surface area contributed by atoms with Crippen molar-refractivity contribution in [1.82, 2.24) is 0 Å². The van der Waals surface area contributed by atoms with Crippen LogP contribution in [-0.2, 0) is 9.59 Å². The first-order valence-electron chi connectivity index (χ1n) is 9.18. The van der Waals surface area contributed by atoms with Gasteiger partial charge in [-0.2, -0.15) is 0 Å². The number of hydrogen-bond acceptors (Lipinski definition) is 3. The average molecular weight is 368 g/mol. The summed E-state index contributed by atoms with van der Waals surface area (Å²) >= 11 is 0. The van der Waals surface area contributed by atoms with Crippen molar-refractivity contribution < 1.29 is 14.3 Å². The van der Waals surface area contributed by atoms with Gasteiger partial charge in [0, 0.05) is 31.3 Å². The summed E-state index contributed by atoms with van der Waals surface area (Å²) < 4.78 is 5.59. The number of carbonyl (C=O) groups excluding carboxylic acids is 2. The SMILES string of the molecule is CC(=O)N(CCC(=O)Nc1ccc(OC(C)C)cc1)c1ccc(C)c(C)c1. The number of carbonyl (C=O) groups is 2. The van der Waals surface area contributed by atoms with E-state index in [1.807, 2.05) is 70.2 Å². The average Bonchev–Trinajstić information content (AvgIpc) is 2.59. The lowest BCUT2D eigenvalue weighted by molar-refractivity contribution is -0.117. The highest BCUT2D eigenvalue weighted by atomic mass is 16.5. The van der Waals surface area contributed by atoms with Gasteiger partial charge in [-0.3, -0.25) is 9.59 Å². The lowest BCUT2D eigenvalue weighted by Gasteiger charge is -2.22. The number of aryl methyl sites for hydroxylation is 2. The fourth-order valence-corrected chi connectivity index (χ4v) is 2.69. The Balaban J connectivity index is 1.95. The van der Waals surface area contributed by atoms with Gasteiger partial charge in [0.05, 0.1) is 6.10 Å². The molecule has 0 spiro atoms. The Kier molecular flexibility index (Phi) is 6.99. The number of ether oxygens (including phenoxy) is 1. The number of amides is 2. The molecule has 0 aliphatic heterocycles. The smallest absolute Gasteiger partial charge is 0.226 e. The van der Waals surface area contributed by atoms with E-state index in [4.69, 9.17) is 4.74 Å². The quantitative estimate of drug-likeness (QED) is 0.784. The monoisotopic (exact) mass is 368 g/mol. The van der Waals surface area contributed by atoms with Gasteiger partial charge in [-0.1, -0.05) is 6.07 Å². The van der Waals surface area contributed by atoms with Gasteiger partial charge in [0.25, 0.3) is 0 Å². The molecule has 0 radical (unpaired) electrons. The summed E-state index contributed by atoms with van der Waals surface area (Å²) in [6, 6.07) is 13.1. The van der Waals surface area contributed by atoms with E-state index in [1.165, 1.54) is 12.5 Å². The fraction of sp³-hybridized carbons (Fsp3) is 0.364. The Hall–Kier alpha value is -2.82. The molecule has 0 unspecified atom stereocenters. The third kappa shape index (κ3) is 6.13. The molecule has 0 fully saturated rings. The Morgan fingerprint density at radius 1 is 1.04 bits per heavy atom. The van der Waals surface area contributed by atoms with Crippen LogP contribution in [0, 0.1) is 13.8 Å². The highest BCUT2D eigenvalue weighted by molar-refractivity contribution is 5.94. The largest absolute Gasteiger partial charge is 0.491 e. The maximum atomic E-state index is 12.3. The number of anilines is 2. The van der Waals surface area contributed by atoms with E-state index in [2.05, 4.69) is 5.32 Å². The van der Waals surface area contributed by atoms with Crippen LogP contribution in [-0.4, -0.2) is 24.5 Å². The first-order chi connectivity index (χ1) is 12.8. The molecule has 2 aromatic rings. The molecule has 1 N–H and O–H groups in total. The molecule has 0 heterocycles. The normalized spacial score (nSPS) is 10.6. The summed E-state index contributed by atoms with van der Waals surface area (Å²) in [5.41, 5.74) is 3.81. The third-order valence-corrected chi connectivity index (χ3v) is 4.25. The van der Waals surface area contributed by atoms with E-state index >= 15 is 0 Å². The molecule has 5 heteroatoms. The maximum Gasteiger partial charge on any atom is 0.226 e. The zero-order chi connectivity index (χ0) is 20.0. The molecule has 2 amide bonds. The number of hydrogen-bond donors (Lipinski definition) is 1. The van der Waals surface area contributed by atoms with Crippen LogP contribution in [0.25, 0.3) is 0 Å². The number of nitrogens with one attached hydrogen (secondary N) is 1. The topological polar surface area (TPSA) is 58.6 Å². The second-order valence-corrected chi connectivity index (χ2v) is 6.93. The fourth-order valence-electron chi connectivity index (χ4n) is 2.69. The predicted octanol–water partition coefficient (Wildman–Crippen LogP) is 4.47. The van der Waals surface area contributed by atoms with Crippen molar-refractivity contribution in [3.05, 3.63) is 53.6 Å². The molecular formula is C22H28N2O3. The van der Waals surface area contributed by atoms with Crippen molar-refractivity contribution in [3.8, 4) is 5.75 Å². The van der Waals surface area contributed by atoms with Gasteiger partial charge in [0.1, 0.15) is 5.75 Å². The van der Waals surface area contributed by atoms with Gasteiger partial charge in [-0.25, -0.2) is 0 Å². The Morgan fingerprint density at radius 2 is 1.70 bits per heavy atom. The van der Waals surface area contributed by atoms with Crippen LogP contribution in [0.3, 0.4) is 0 Å². The number of nitrogens with zero attached hydrogens (tertiary/aromatic N) is 1. The Morgan fingerprint density at radius 3 is 2.26 bits per heavy atom. The van der Waals surface area contributed by atoms with Crippen LogP contribution in [0.15, 0.2) is 42.5 Å². The van der Waals surface area contributed by atoms with E-state index in [0.717, 1.165) is 17.0 Å². The van der Waals surface area contributed by atoms with Crippen LogP contribution in [0.4, 0.5) is 11.4 Å². The minimum atomic E-state index is -0.136. The highest BCUT2D eigenvalue weighted by Crippen LogP contribution is 2.20. The van der Waals surface area contributed by atoms with Gasteiger partial charge in [0.2, 0.25) is 11.8 Å². The van der Waals surface area contributed by atoms with Gasteiger partial charge in [-0.15, -0.1) is 0 Å². The molecule has 5 nitrogen and oxygen atoms in total. The summed E-state index contributed by atoms with van der Waals surface area (Å²) in [5, 5.41) is 2.86. The molecule has 0 aliphatic rings. The predicted molar refractivity (Wildman–Crippen MR) is 109 cm³/mol. The third-order valence-electron chi connectivity index (χ3n) is 4.25. The standard InChI is InChI=1S/C22H28N2O3/c1-15(2)27-21-10-7-19(8-11-21)23-22(26)12-13-24(18(5)25)20-9-6-16(3)17(4)14-20/h6-11,14-15H,12-13H2,1-5H3,(H,23,26). The summed E-state index contributed by atoms with van der Waals surface area (Å²) in [5.74, 6) is 0.546. The van der Waals surface area contributed by atoms with Gasteiger partial charge in [0.15, 0.2) is 0 Å².